The molecule has 1 amide bonds. The van der Waals surface area contributed by atoms with Crippen LogP contribution in [0.2, 0.25) is 5.02 Å². The summed E-state index contributed by atoms with van der Waals surface area (Å²) in [5, 5.41) is 3.14. The maximum absolute atomic E-state index is 12.5. The number of nitrogens with one attached hydrogen (secondary N) is 2. The number of hydrogen-bond acceptors (Lipinski definition) is 3. The molecule has 0 atom stereocenters. The van der Waals surface area contributed by atoms with E-state index in [9.17, 15) is 13.2 Å². The summed E-state index contributed by atoms with van der Waals surface area (Å²) in [6.45, 7) is 2.55. The van der Waals surface area contributed by atoms with Crippen molar-refractivity contribution in [2.75, 3.05) is 11.3 Å². The lowest BCUT2D eigenvalue weighted by molar-refractivity contribution is 0.0943. The molecular weight excluding hydrogens is 396 g/mol. The summed E-state index contributed by atoms with van der Waals surface area (Å²) in [5.74, 6) is 0.342. The summed E-state index contributed by atoms with van der Waals surface area (Å²) >= 11 is 6.23. The van der Waals surface area contributed by atoms with Crippen molar-refractivity contribution in [3.05, 3.63) is 58.6 Å². The van der Waals surface area contributed by atoms with Gasteiger partial charge < -0.3 is 5.32 Å². The van der Waals surface area contributed by atoms with E-state index in [-0.39, 0.29) is 21.5 Å². The molecule has 1 saturated carbocycles. The molecule has 0 spiro atoms. The minimum Gasteiger partial charge on any atom is -0.352 e. The van der Waals surface area contributed by atoms with E-state index in [1.165, 1.54) is 31.4 Å². The third kappa shape index (κ3) is 5.26. The molecule has 0 aliphatic heterocycles. The normalized spacial score (nSPS) is 15.2. The Morgan fingerprint density at radius 2 is 1.75 bits per heavy atom. The fourth-order valence-corrected chi connectivity index (χ4v) is 4.75. The number of benzene rings is 2. The van der Waals surface area contributed by atoms with E-state index >= 15 is 0 Å². The maximum atomic E-state index is 12.5. The highest BCUT2D eigenvalue weighted by molar-refractivity contribution is 7.92. The van der Waals surface area contributed by atoms with Crippen LogP contribution in [0.25, 0.3) is 0 Å². The second-order valence-electron chi connectivity index (χ2n) is 7.33. The van der Waals surface area contributed by atoms with Crippen molar-refractivity contribution >= 4 is 33.2 Å². The van der Waals surface area contributed by atoms with Crippen LogP contribution in [-0.2, 0) is 10.0 Å². The quantitative estimate of drug-likeness (QED) is 0.707. The lowest BCUT2D eigenvalue weighted by Crippen LogP contribution is -2.30. The molecular formula is C21H25ClN2O3S. The van der Waals surface area contributed by atoms with Crippen LogP contribution in [0.5, 0.6) is 0 Å². The Morgan fingerprint density at radius 1 is 1.07 bits per heavy atom. The molecule has 0 unspecified atom stereocenters. The molecule has 0 saturated heterocycles. The van der Waals surface area contributed by atoms with Gasteiger partial charge in [-0.1, -0.05) is 48.6 Å². The Labute approximate surface area is 171 Å². The van der Waals surface area contributed by atoms with Gasteiger partial charge in [0.2, 0.25) is 0 Å². The minimum absolute atomic E-state index is 0.156. The lowest BCUT2D eigenvalue weighted by Gasteiger charge is -2.21. The minimum atomic E-state index is -3.75. The van der Waals surface area contributed by atoms with Crippen LogP contribution in [0.15, 0.2) is 47.4 Å². The highest BCUT2D eigenvalue weighted by Gasteiger charge is 2.18. The molecule has 2 aromatic rings. The van der Waals surface area contributed by atoms with Crippen LogP contribution in [0.4, 0.5) is 5.69 Å². The SMILES string of the molecule is Cc1ccc(S(=O)(=O)Nc2ccc(C(=O)NCC3CCCCC3)cc2Cl)cc1. The van der Waals surface area contributed by atoms with Gasteiger partial charge in [-0.2, -0.15) is 0 Å². The standard InChI is InChI=1S/C21H25ClN2O3S/c1-15-7-10-18(11-8-15)28(26,27)24-20-12-9-17(13-19(20)22)21(25)23-14-16-5-3-2-4-6-16/h7-13,16,24H,2-6,14H2,1H3,(H,23,25). The zero-order valence-electron chi connectivity index (χ0n) is 15.9. The molecule has 150 valence electrons. The molecule has 1 fully saturated rings. The average Bonchev–Trinajstić information content (AvgIpc) is 2.68. The Kier molecular flexibility index (Phi) is 6.62. The van der Waals surface area contributed by atoms with Crippen molar-refractivity contribution in [3.63, 3.8) is 0 Å². The van der Waals surface area contributed by atoms with Crippen molar-refractivity contribution in [1.29, 1.82) is 0 Å². The molecule has 1 aliphatic carbocycles. The lowest BCUT2D eigenvalue weighted by atomic mass is 9.89. The Balaban J connectivity index is 1.66. The molecule has 5 nitrogen and oxygen atoms in total. The summed E-state index contributed by atoms with van der Waals surface area (Å²) < 4.78 is 27.5. The number of anilines is 1. The van der Waals surface area contributed by atoms with E-state index in [0.29, 0.717) is 18.0 Å². The Morgan fingerprint density at radius 3 is 2.39 bits per heavy atom. The topological polar surface area (TPSA) is 75.3 Å². The molecule has 0 aromatic heterocycles. The number of carbonyl (C=O) groups is 1. The van der Waals surface area contributed by atoms with Gasteiger partial charge in [0.25, 0.3) is 15.9 Å². The molecule has 0 heterocycles. The second kappa shape index (κ2) is 8.97. The summed E-state index contributed by atoms with van der Waals surface area (Å²) in [7, 11) is -3.75. The predicted octanol–water partition coefficient (Wildman–Crippen LogP) is 4.76. The van der Waals surface area contributed by atoms with Gasteiger partial charge in [0.1, 0.15) is 0 Å². The summed E-state index contributed by atoms with van der Waals surface area (Å²) in [5.41, 5.74) is 1.63. The van der Waals surface area contributed by atoms with Crippen molar-refractivity contribution in [1.82, 2.24) is 5.32 Å². The monoisotopic (exact) mass is 420 g/mol. The third-order valence-corrected chi connectivity index (χ3v) is 6.78. The summed E-state index contributed by atoms with van der Waals surface area (Å²) in [4.78, 5) is 12.5. The molecule has 2 aromatic carbocycles. The molecule has 7 heteroatoms. The predicted molar refractivity (Wildman–Crippen MR) is 112 cm³/mol. The number of rotatable bonds is 6. The number of sulfonamides is 1. The van der Waals surface area contributed by atoms with Gasteiger partial charge in [0.15, 0.2) is 0 Å². The average molecular weight is 421 g/mol. The Bertz CT molecular complexity index is 937. The fourth-order valence-electron chi connectivity index (χ4n) is 3.39. The largest absolute Gasteiger partial charge is 0.352 e. The number of halogens is 1. The van der Waals surface area contributed by atoms with Crippen molar-refractivity contribution in [3.8, 4) is 0 Å². The second-order valence-corrected chi connectivity index (χ2v) is 9.42. The van der Waals surface area contributed by atoms with E-state index in [4.69, 9.17) is 11.6 Å². The number of amides is 1. The highest BCUT2D eigenvalue weighted by Crippen LogP contribution is 2.26. The van der Waals surface area contributed by atoms with E-state index < -0.39 is 10.0 Å². The van der Waals surface area contributed by atoms with Gasteiger partial charge >= 0.3 is 0 Å². The maximum Gasteiger partial charge on any atom is 0.261 e. The van der Waals surface area contributed by atoms with Gasteiger partial charge in [0.05, 0.1) is 15.6 Å². The van der Waals surface area contributed by atoms with Gasteiger partial charge in [0, 0.05) is 12.1 Å². The molecule has 0 bridgehead atoms. The summed E-state index contributed by atoms with van der Waals surface area (Å²) in [6, 6.07) is 11.1. The first-order valence-electron chi connectivity index (χ1n) is 9.52. The van der Waals surface area contributed by atoms with Crippen molar-refractivity contribution < 1.29 is 13.2 Å². The molecule has 0 radical (unpaired) electrons. The van der Waals surface area contributed by atoms with Gasteiger partial charge in [-0.15, -0.1) is 0 Å². The molecule has 2 N–H and O–H groups in total. The van der Waals surface area contributed by atoms with Crippen LogP contribution in [0, 0.1) is 12.8 Å². The van der Waals surface area contributed by atoms with Crippen LogP contribution in [-0.4, -0.2) is 20.9 Å². The van der Waals surface area contributed by atoms with E-state index in [1.54, 1.807) is 30.3 Å². The number of aryl methyl sites for hydroxylation is 1. The number of carbonyl (C=O) groups excluding carboxylic acids is 1. The van der Waals surface area contributed by atoms with Crippen LogP contribution >= 0.6 is 11.6 Å². The molecule has 28 heavy (non-hydrogen) atoms. The van der Waals surface area contributed by atoms with Crippen LogP contribution in [0.1, 0.15) is 48.0 Å². The first-order chi connectivity index (χ1) is 13.3. The fraction of sp³-hybridized carbons (Fsp3) is 0.381. The summed E-state index contributed by atoms with van der Waals surface area (Å²) in [6.07, 6.45) is 6.03. The van der Waals surface area contributed by atoms with Gasteiger partial charge in [-0.25, -0.2) is 8.42 Å². The smallest absolute Gasteiger partial charge is 0.261 e. The molecule has 1 aliphatic rings. The van der Waals surface area contributed by atoms with E-state index in [1.807, 2.05) is 6.92 Å². The highest BCUT2D eigenvalue weighted by atomic mass is 35.5. The molecule has 3 rings (SSSR count). The first kappa shape index (κ1) is 20.7. The first-order valence-corrected chi connectivity index (χ1v) is 11.4. The van der Waals surface area contributed by atoms with E-state index in [2.05, 4.69) is 10.0 Å². The zero-order chi connectivity index (χ0) is 20.1. The third-order valence-electron chi connectivity index (χ3n) is 5.08. The Hall–Kier alpha value is -2.05. The van der Waals surface area contributed by atoms with Crippen molar-refractivity contribution in [2.24, 2.45) is 5.92 Å². The van der Waals surface area contributed by atoms with Gasteiger partial charge in [-0.05, 0) is 56.0 Å². The van der Waals surface area contributed by atoms with Gasteiger partial charge in [-0.3, -0.25) is 9.52 Å². The van der Waals surface area contributed by atoms with Crippen LogP contribution in [0.3, 0.4) is 0 Å². The zero-order valence-corrected chi connectivity index (χ0v) is 17.4. The van der Waals surface area contributed by atoms with Crippen LogP contribution < -0.4 is 10.0 Å². The number of hydrogen-bond donors (Lipinski definition) is 2. The van der Waals surface area contributed by atoms with E-state index in [0.717, 1.165) is 18.4 Å². The van der Waals surface area contributed by atoms with Crippen molar-refractivity contribution in [2.45, 2.75) is 43.9 Å².